The van der Waals surface area contributed by atoms with Crippen molar-refractivity contribution in [3.63, 3.8) is 0 Å². The van der Waals surface area contributed by atoms with Gasteiger partial charge in [0.15, 0.2) is 5.17 Å². The topological polar surface area (TPSA) is 45.1 Å². The predicted molar refractivity (Wildman–Crippen MR) is 125 cm³/mol. The highest BCUT2D eigenvalue weighted by Gasteiger charge is 2.28. The second-order valence-electron chi connectivity index (χ2n) is 7.86. The van der Waals surface area contributed by atoms with E-state index in [4.69, 9.17) is 4.74 Å². The zero-order valence-corrected chi connectivity index (χ0v) is 18.5. The Balaban J connectivity index is 1.36. The Morgan fingerprint density at radius 3 is 2.23 bits per heavy atom. The summed E-state index contributed by atoms with van der Waals surface area (Å²) in [6.07, 6.45) is 2.05. The third kappa shape index (κ3) is 4.87. The maximum atomic E-state index is 12.4. The van der Waals surface area contributed by atoms with Gasteiger partial charge in [0.1, 0.15) is 5.75 Å². The van der Waals surface area contributed by atoms with Gasteiger partial charge in [0.05, 0.1) is 11.0 Å². The molecule has 0 radical (unpaired) electrons. The molecule has 0 unspecified atom stereocenters. The molecule has 4 rings (SSSR count). The average Bonchev–Trinajstić information content (AvgIpc) is 3.10. The number of aryl methyl sites for hydroxylation is 1. The van der Waals surface area contributed by atoms with E-state index >= 15 is 0 Å². The molecular weight excluding hydrogens is 394 g/mol. The lowest BCUT2D eigenvalue weighted by atomic mass is 10.2. The van der Waals surface area contributed by atoms with E-state index in [2.05, 4.69) is 46.0 Å². The molecule has 0 aromatic heterocycles. The van der Waals surface area contributed by atoms with Crippen LogP contribution in [0.4, 0.5) is 5.69 Å². The summed E-state index contributed by atoms with van der Waals surface area (Å²) < 4.78 is 5.68. The molecule has 0 bridgehead atoms. The number of hydrogen-bond donors (Lipinski definition) is 0. The first-order valence-corrected chi connectivity index (χ1v) is 11.2. The van der Waals surface area contributed by atoms with E-state index in [1.54, 1.807) is 0 Å². The number of amides is 1. The van der Waals surface area contributed by atoms with Crippen molar-refractivity contribution in [3.8, 4) is 5.75 Å². The normalized spacial score (nSPS) is 18.3. The fourth-order valence-electron chi connectivity index (χ4n) is 3.51. The summed E-state index contributed by atoms with van der Waals surface area (Å²) in [5.41, 5.74) is 3.50. The molecule has 1 amide bonds. The maximum Gasteiger partial charge on any atom is 0.286 e. The van der Waals surface area contributed by atoms with Crippen LogP contribution in [0.1, 0.15) is 25.0 Å². The van der Waals surface area contributed by atoms with Crippen molar-refractivity contribution in [3.05, 3.63) is 64.6 Å². The lowest BCUT2D eigenvalue weighted by Crippen LogP contribution is -2.47. The molecule has 0 atom stereocenters. The molecule has 0 saturated carbocycles. The number of aliphatic imine (C=N–C) groups is 1. The largest absolute Gasteiger partial charge is 0.491 e. The number of ether oxygens (including phenoxy) is 1. The molecule has 5 nitrogen and oxygen atoms in total. The summed E-state index contributed by atoms with van der Waals surface area (Å²) in [5.74, 6) is 0.680. The molecule has 1 saturated heterocycles. The summed E-state index contributed by atoms with van der Waals surface area (Å²) in [6.45, 7) is 9.68. The minimum Gasteiger partial charge on any atom is -0.491 e. The number of benzene rings is 2. The summed E-state index contributed by atoms with van der Waals surface area (Å²) >= 11 is 1.47. The van der Waals surface area contributed by atoms with Gasteiger partial charge >= 0.3 is 0 Å². The van der Waals surface area contributed by atoms with E-state index in [-0.39, 0.29) is 12.0 Å². The highest BCUT2D eigenvalue weighted by molar-refractivity contribution is 8.18. The van der Waals surface area contributed by atoms with Crippen LogP contribution >= 0.6 is 11.8 Å². The summed E-state index contributed by atoms with van der Waals surface area (Å²) in [5, 5.41) is 0.814. The van der Waals surface area contributed by atoms with Crippen LogP contribution in [0.25, 0.3) is 6.08 Å². The van der Waals surface area contributed by atoms with Gasteiger partial charge < -0.3 is 14.5 Å². The fourth-order valence-corrected chi connectivity index (χ4v) is 4.48. The molecule has 1 fully saturated rings. The second-order valence-corrected chi connectivity index (χ2v) is 8.86. The number of thioether (sulfide) groups is 1. The van der Waals surface area contributed by atoms with Gasteiger partial charge in [-0.3, -0.25) is 4.79 Å². The van der Waals surface area contributed by atoms with E-state index in [1.807, 2.05) is 44.2 Å². The first-order chi connectivity index (χ1) is 14.5. The Bertz CT molecular complexity index is 957. The number of nitrogens with zero attached hydrogens (tertiary/aromatic N) is 3. The number of rotatable bonds is 4. The number of hydrogen-bond acceptors (Lipinski definition) is 5. The van der Waals surface area contributed by atoms with E-state index < -0.39 is 0 Å². The van der Waals surface area contributed by atoms with Gasteiger partial charge in [-0.25, -0.2) is 0 Å². The molecule has 2 aromatic rings. The highest BCUT2D eigenvalue weighted by atomic mass is 32.2. The van der Waals surface area contributed by atoms with Crippen molar-refractivity contribution >= 4 is 34.6 Å². The zero-order valence-electron chi connectivity index (χ0n) is 17.7. The first-order valence-electron chi connectivity index (χ1n) is 10.3. The van der Waals surface area contributed by atoms with Crippen LogP contribution < -0.4 is 9.64 Å². The monoisotopic (exact) mass is 421 g/mol. The van der Waals surface area contributed by atoms with Gasteiger partial charge in [-0.1, -0.05) is 29.8 Å². The van der Waals surface area contributed by atoms with E-state index in [0.717, 1.165) is 42.7 Å². The highest BCUT2D eigenvalue weighted by Crippen LogP contribution is 2.31. The van der Waals surface area contributed by atoms with Crippen LogP contribution in [0.2, 0.25) is 0 Å². The third-order valence-electron chi connectivity index (χ3n) is 5.11. The zero-order chi connectivity index (χ0) is 21.1. The molecule has 6 heteroatoms. The Morgan fingerprint density at radius 2 is 1.60 bits per heavy atom. The third-order valence-corrected chi connectivity index (χ3v) is 6.15. The number of anilines is 1. The lowest BCUT2D eigenvalue weighted by molar-refractivity contribution is -0.113. The minimum atomic E-state index is -0.154. The van der Waals surface area contributed by atoms with Crippen LogP contribution in [0.3, 0.4) is 0 Å². The van der Waals surface area contributed by atoms with Crippen LogP contribution in [0.5, 0.6) is 5.75 Å². The summed E-state index contributed by atoms with van der Waals surface area (Å²) in [7, 11) is 0. The smallest absolute Gasteiger partial charge is 0.286 e. The molecule has 156 valence electrons. The van der Waals surface area contributed by atoms with E-state index in [9.17, 15) is 4.79 Å². The Hall–Kier alpha value is -2.73. The summed E-state index contributed by atoms with van der Waals surface area (Å²) in [4.78, 5) is 22.0. The lowest BCUT2D eigenvalue weighted by Gasteiger charge is -2.36. The van der Waals surface area contributed by atoms with Gasteiger partial charge in [-0.2, -0.15) is 4.99 Å². The molecule has 2 heterocycles. The standard InChI is InChI=1S/C24H27N3O2S/c1-17(2)29-21-10-6-19(7-11-21)16-22-23(28)25-24(30-22)27-14-12-26(13-15-27)20-8-4-18(3)5-9-20/h4-11,16-17H,12-15H2,1-3H3/b22-16+. The first kappa shape index (κ1) is 20.5. The average molecular weight is 422 g/mol. The Kier molecular flexibility index (Phi) is 6.13. The van der Waals surface area contributed by atoms with Crippen molar-refractivity contribution in [2.24, 2.45) is 4.99 Å². The van der Waals surface area contributed by atoms with Crippen molar-refractivity contribution in [1.29, 1.82) is 0 Å². The van der Waals surface area contributed by atoms with Crippen molar-refractivity contribution in [2.75, 3.05) is 31.1 Å². The van der Waals surface area contributed by atoms with Gasteiger partial charge in [-0.15, -0.1) is 0 Å². The molecule has 0 spiro atoms. The van der Waals surface area contributed by atoms with Crippen molar-refractivity contribution in [2.45, 2.75) is 26.9 Å². The van der Waals surface area contributed by atoms with E-state index in [0.29, 0.717) is 4.91 Å². The van der Waals surface area contributed by atoms with Crippen LogP contribution in [0, 0.1) is 6.92 Å². The van der Waals surface area contributed by atoms with Crippen LogP contribution in [-0.4, -0.2) is 48.3 Å². The quantitative estimate of drug-likeness (QED) is 0.677. The van der Waals surface area contributed by atoms with Gasteiger partial charge in [-0.05, 0) is 68.4 Å². The fraction of sp³-hybridized carbons (Fsp3) is 0.333. The number of amidine groups is 1. The van der Waals surface area contributed by atoms with Crippen LogP contribution in [-0.2, 0) is 4.79 Å². The molecule has 30 heavy (non-hydrogen) atoms. The van der Waals surface area contributed by atoms with Gasteiger partial charge in [0, 0.05) is 31.9 Å². The van der Waals surface area contributed by atoms with Crippen molar-refractivity contribution in [1.82, 2.24) is 4.90 Å². The number of carbonyl (C=O) groups is 1. The minimum absolute atomic E-state index is 0.142. The Labute approximate surface area is 182 Å². The maximum absolute atomic E-state index is 12.4. The summed E-state index contributed by atoms with van der Waals surface area (Å²) in [6, 6.07) is 16.5. The molecule has 0 N–H and O–H groups in total. The molecular formula is C24H27N3O2S. The van der Waals surface area contributed by atoms with E-state index in [1.165, 1.54) is 23.0 Å². The van der Waals surface area contributed by atoms with Crippen molar-refractivity contribution < 1.29 is 9.53 Å². The second kappa shape index (κ2) is 8.96. The SMILES string of the molecule is Cc1ccc(N2CCN(C3=NC(=O)/C(=C\c4ccc(OC(C)C)cc4)S3)CC2)cc1. The Morgan fingerprint density at radius 1 is 0.967 bits per heavy atom. The molecule has 2 aromatic carbocycles. The molecule has 2 aliphatic heterocycles. The van der Waals surface area contributed by atoms with Gasteiger partial charge in [0.2, 0.25) is 0 Å². The number of piperazine rings is 1. The molecule has 0 aliphatic carbocycles. The predicted octanol–water partition coefficient (Wildman–Crippen LogP) is 4.57. The van der Waals surface area contributed by atoms with Gasteiger partial charge in [0.25, 0.3) is 5.91 Å². The molecule has 2 aliphatic rings. The number of carbonyl (C=O) groups excluding carboxylic acids is 1. The van der Waals surface area contributed by atoms with Crippen LogP contribution in [0.15, 0.2) is 58.4 Å².